The van der Waals surface area contributed by atoms with Crippen molar-refractivity contribution in [2.45, 2.75) is 142 Å². The first-order chi connectivity index (χ1) is 22.7. The van der Waals surface area contributed by atoms with Crippen molar-refractivity contribution < 1.29 is 43.7 Å². The maximum atomic E-state index is 14.0. The van der Waals surface area contributed by atoms with Crippen LogP contribution < -0.4 is 21.3 Å². The second-order valence-corrected chi connectivity index (χ2v) is 13.8. The van der Waals surface area contributed by atoms with E-state index in [-0.39, 0.29) is 11.8 Å². The van der Waals surface area contributed by atoms with Crippen molar-refractivity contribution in [3.05, 3.63) is 0 Å². The van der Waals surface area contributed by atoms with E-state index in [1.54, 1.807) is 6.92 Å². The van der Waals surface area contributed by atoms with Crippen LogP contribution in [-0.2, 0) is 33.5 Å². The van der Waals surface area contributed by atoms with Gasteiger partial charge in [-0.2, -0.15) is 0 Å². The molecule has 48 heavy (non-hydrogen) atoms. The number of aliphatic hydroxyl groups is 2. The van der Waals surface area contributed by atoms with E-state index >= 15 is 0 Å². The highest BCUT2D eigenvalue weighted by atomic mass is 16.5. The van der Waals surface area contributed by atoms with Crippen molar-refractivity contribution >= 4 is 35.5 Å². The Kier molecular flexibility index (Phi) is 17.3. The van der Waals surface area contributed by atoms with Gasteiger partial charge in [0.25, 0.3) is 0 Å². The monoisotopic (exact) mass is 681 g/mol. The summed E-state index contributed by atoms with van der Waals surface area (Å²) in [6.45, 7) is 7.41. The van der Waals surface area contributed by atoms with Gasteiger partial charge in [0.1, 0.15) is 36.8 Å². The summed E-state index contributed by atoms with van der Waals surface area (Å²) in [6.07, 6.45) is 5.95. The number of rotatable bonds is 10. The summed E-state index contributed by atoms with van der Waals surface area (Å²) in [5.41, 5.74) is 0. The van der Waals surface area contributed by atoms with Gasteiger partial charge in [0.05, 0.1) is 18.6 Å². The Morgan fingerprint density at radius 2 is 1.54 bits per heavy atom. The molecule has 1 aliphatic carbocycles. The molecule has 1 saturated carbocycles. The van der Waals surface area contributed by atoms with Crippen molar-refractivity contribution in [2.75, 3.05) is 20.2 Å². The van der Waals surface area contributed by atoms with Crippen molar-refractivity contribution in [3.8, 4) is 0 Å². The van der Waals surface area contributed by atoms with Crippen molar-refractivity contribution in [1.29, 1.82) is 0 Å². The molecular formula is C34H59N5O9. The smallest absolute Gasteiger partial charge is 0.325 e. The number of unbranched alkanes of at least 4 members (excludes halogenated alkanes) is 3. The molecule has 2 aliphatic rings. The number of ether oxygens (including phenoxy) is 1. The molecule has 6 N–H and O–H groups in total. The van der Waals surface area contributed by atoms with Crippen LogP contribution >= 0.6 is 0 Å². The summed E-state index contributed by atoms with van der Waals surface area (Å²) in [4.78, 5) is 82.3. The molecular weight excluding hydrogens is 622 g/mol. The molecule has 2 rings (SSSR count). The number of nitrogens with one attached hydrogen (secondary N) is 4. The van der Waals surface area contributed by atoms with E-state index in [0.717, 1.165) is 38.5 Å². The molecule has 14 nitrogen and oxygen atoms in total. The van der Waals surface area contributed by atoms with Gasteiger partial charge >= 0.3 is 5.97 Å². The zero-order chi connectivity index (χ0) is 36.0. The minimum absolute atomic E-state index is 0.00507. The minimum Gasteiger partial charge on any atom is -0.460 e. The van der Waals surface area contributed by atoms with Crippen LogP contribution in [0.1, 0.15) is 105 Å². The van der Waals surface area contributed by atoms with Gasteiger partial charge in [-0.1, -0.05) is 66.2 Å². The van der Waals surface area contributed by atoms with E-state index in [1.807, 2.05) is 13.8 Å². The molecule has 1 saturated heterocycles. The van der Waals surface area contributed by atoms with E-state index < -0.39 is 91.0 Å². The maximum absolute atomic E-state index is 14.0. The minimum atomic E-state index is -1.53. The fraction of sp³-hybridized carbons (Fsp3) is 0.824. The second kappa shape index (κ2) is 20.3. The highest BCUT2D eigenvalue weighted by molar-refractivity contribution is 5.96. The average molecular weight is 682 g/mol. The first kappa shape index (κ1) is 40.9. The van der Waals surface area contributed by atoms with Crippen LogP contribution in [0.2, 0.25) is 0 Å². The van der Waals surface area contributed by atoms with Gasteiger partial charge in [0.15, 0.2) is 0 Å². The number of cyclic esters (lactones) is 1. The molecule has 0 aromatic rings. The third-order valence-corrected chi connectivity index (χ3v) is 9.37. The molecule has 5 amide bonds. The predicted molar refractivity (Wildman–Crippen MR) is 178 cm³/mol. The van der Waals surface area contributed by atoms with Crippen LogP contribution in [-0.4, -0.2) is 107 Å². The fourth-order valence-electron chi connectivity index (χ4n) is 6.41. The van der Waals surface area contributed by atoms with E-state index in [9.17, 15) is 39.0 Å². The zero-order valence-electron chi connectivity index (χ0n) is 29.6. The standard InChI is InChI=1S/C34H59N5O9/c1-7-8-9-13-16-26-21(4)34(47)39(6)25(17-20(2)3)31(44)38-29(23-14-11-10-12-15-23)33(46)36-24(19-40)30(43)37-28(22(5)41)32(45)35-18-27(42)48-26/h20-26,28-29,40-41H,7-19H2,1-6H3,(H,35,45)(H,36,46)(H,37,43)(H,38,44)/t21-,22?,24+,25+,26-,28+,29+/m1/s1. The van der Waals surface area contributed by atoms with Gasteiger partial charge in [-0.25, -0.2) is 0 Å². The van der Waals surface area contributed by atoms with Crippen LogP contribution in [0.25, 0.3) is 0 Å². The molecule has 14 heteroatoms. The lowest BCUT2D eigenvalue weighted by Crippen LogP contribution is -2.62. The quantitative estimate of drug-likeness (QED) is 0.143. The molecule has 1 unspecified atom stereocenters. The molecule has 7 atom stereocenters. The van der Waals surface area contributed by atoms with Crippen LogP contribution in [0, 0.1) is 17.8 Å². The van der Waals surface area contributed by atoms with Crippen molar-refractivity contribution in [3.63, 3.8) is 0 Å². The lowest BCUT2D eigenvalue weighted by atomic mass is 9.83. The van der Waals surface area contributed by atoms with Gasteiger partial charge in [-0.3, -0.25) is 28.8 Å². The maximum Gasteiger partial charge on any atom is 0.325 e. The summed E-state index contributed by atoms with van der Waals surface area (Å²) in [5.74, 6) is -5.33. The first-order valence-electron chi connectivity index (χ1n) is 17.7. The van der Waals surface area contributed by atoms with E-state index in [0.29, 0.717) is 32.1 Å². The number of esters is 1. The topological polar surface area (TPSA) is 203 Å². The largest absolute Gasteiger partial charge is 0.460 e. The highest BCUT2D eigenvalue weighted by Crippen LogP contribution is 2.28. The highest BCUT2D eigenvalue weighted by Gasteiger charge is 2.39. The number of amides is 5. The molecule has 1 heterocycles. The Bertz CT molecular complexity index is 1090. The van der Waals surface area contributed by atoms with Crippen LogP contribution in [0.15, 0.2) is 0 Å². The number of likely N-dealkylation sites (N-methyl/N-ethyl adjacent to an activating group) is 1. The van der Waals surface area contributed by atoms with Gasteiger partial charge in [0, 0.05) is 7.05 Å². The number of hydrogen-bond donors (Lipinski definition) is 6. The number of carbonyl (C=O) groups is 6. The normalized spacial score (nSPS) is 28.7. The van der Waals surface area contributed by atoms with Gasteiger partial charge < -0.3 is 41.1 Å². The average Bonchev–Trinajstić information content (AvgIpc) is 3.05. The molecule has 0 radical (unpaired) electrons. The van der Waals surface area contributed by atoms with E-state index in [1.165, 1.54) is 18.9 Å². The molecule has 0 aromatic carbocycles. The number of hydrogen-bond acceptors (Lipinski definition) is 9. The first-order valence-corrected chi connectivity index (χ1v) is 17.7. The Balaban J connectivity index is 2.56. The molecule has 2 fully saturated rings. The lowest BCUT2D eigenvalue weighted by Gasteiger charge is -2.36. The van der Waals surface area contributed by atoms with Crippen molar-refractivity contribution in [2.24, 2.45) is 17.8 Å². The molecule has 0 bridgehead atoms. The van der Waals surface area contributed by atoms with Crippen molar-refractivity contribution in [1.82, 2.24) is 26.2 Å². The molecule has 1 aliphatic heterocycles. The fourth-order valence-corrected chi connectivity index (χ4v) is 6.41. The van der Waals surface area contributed by atoms with Gasteiger partial charge in [-0.05, 0) is 50.9 Å². The summed E-state index contributed by atoms with van der Waals surface area (Å²) in [5, 5.41) is 30.5. The Hall–Kier alpha value is -3.26. The Labute approximate surface area is 284 Å². The number of aliphatic hydroxyl groups excluding tert-OH is 2. The Morgan fingerprint density at radius 3 is 2.12 bits per heavy atom. The Morgan fingerprint density at radius 1 is 0.875 bits per heavy atom. The SMILES string of the molecule is CCCCCC[C@H]1OC(=O)CNC(=O)[C@H](C(C)O)NC(=O)[C@H](CO)NC(=O)[C@H](C2CCCCC2)NC(=O)[C@H](CC(C)C)N(C)C(=O)[C@@H]1C. The van der Waals surface area contributed by atoms with Crippen LogP contribution in [0.4, 0.5) is 0 Å². The number of carbonyl (C=O) groups excluding carboxylic acids is 6. The summed E-state index contributed by atoms with van der Waals surface area (Å²) in [7, 11) is 1.53. The predicted octanol–water partition coefficient (Wildman–Crippen LogP) is 0.915. The number of nitrogens with zero attached hydrogens (tertiary/aromatic N) is 1. The lowest BCUT2D eigenvalue weighted by molar-refractivity contribution is -0.157. The third kappa shape index (κ3) is 12.3. The summed E-state index contributed by atoms with van der Waals surface area (Å²) in [6, 6.07) is -5.03. The van der Waals surface area contributed by atoms with Gasteiger partial charge in [-0.15, -0.1) is 0 Å². The molecule has 0 aromatic heterocycles. The molecule has 274 valence electrons. The van der Waals surface area contributed by atoms with Crippen LogP contribution in [0.3, 0.4) is 0 Å². The summed E-state index contributed by atoms with van der Waals surface area (Å²) < 4.78 is 5.74. The summed E-state index contributed by atoms with van der Waals surface area (Å²) >= 11 is 0. The van der Waals surface area contributed by atoms with E-state index in [4.69, 9.17) is 4.74 Å². The van der Waals surface area contributed by atoms with Gasteiger partial charge in [0.2, 0.25) is 29.5 Å². The zero-order valence-corrected chi connectivity index (χ0v) is 29.6. The molecule has 0 spiro atoms. The third-order valence-electron chi connectivity index (χ3n) is 9.37. The second-order valence-electron chi connectivity index (χ2n) is 13.8. The van der Waals surface area contributed by atoms with Crippen LogP contribution in [0.5, 0.6) is 0 Å². The van der Waals surface area contributed by atoms with E-state index in [2.05, 4.69) is 28.2 Å².